The summed E-state index contributed by atoms with van der Waals surface area (Å²) in [5, 5.41) is 16.6. The zero-order valence-electron chi connectivity index (χ0n) is 8.56. The molecule has 7 heteroatoms. The van der Waals surface area contributed by atoms with Crippen molar-refractivity contribution in [2.45, 2.75) is 19.9 Å². The molecule has 0 aliphatic carbocycles. The lowest BCUT2D eigenvalue weighted by molar-refractivity contribution is -0.389. The van der Waals surface area contributed by atoms with Crippen molar-refractivity contribution in [2.75, 3.05) is 7.05 Å². The summed E-state index contributed by atoms with van der Waals surface area (Å²) >= 11 is 0. The number of aromatic nitrogens is 2. The van der Waals surface area contributed by atoms with Crippen molar-refractivity contribution in [3.63, 3.8) is 0 Å². The van der Waals surface area contributed by atoms with Crippen LogP contribution in [0.2, 0.25) is 0 Å². The van der Waals surface area contributed by atoms with Crippen LogP contribution in [0.5, 0.6) is 0 Å². The van der Waals surface area contributed by atoms with Gasteiger partial charge in [0.05, 0.1) is 23.4 Å². The van der Waals surface area contributed by atoms with Crippen LogP contribution < -0.4 is 5.32 Å². The van der Waals surface area contributed by atoms with Crippen LogP contribution in [0.3, 0.4) is 0 Å². The molecule has 0 unspecified atom stereocenters. The Morgan fingerprint density at radius 2 is 2.40 bits per heavy atom. The van der Waals surface area contributed by atoms with E-state index in [1.54, 1.807) is 14.0 Å². The SMILES string of the molecule is CNC(=O)CCn1nc([N+](=O)[O-])cc1C. The fourth-order valence-electron chi connectivity index (χ4n) is 1.14. The van der Waals surface area contributed by atoms with Crippen LogP contribution in [0.4, 0.5) is 5.82 Å². The van der Waals surface area contributed by atoms with Crippen LogP contribution in [0.15, 0.2) is 6.07 Å². The molecule has 1 N–H and O–H groups in total. The summed E-state index contributed by atoms with van der Waals surface area (Å²) in [5.74, 6) is -0.308. The maximum atomic E-state index is 11.0. The van der Waals surface area contributed by atoms with E-state index in [4.69, 9.17) is 0 Å². The number of carbonyl (C=O) groups excluding carboxylic acids is 1. The third-order valence-corrected chi connectivity index (χ3v) is 1.98. The van der Waals surface area contributed by atoms with E-state index in [1.807, 2.05) is 0 Å². The summed E-state index contributed by atoms with van der Waals surface area (Å²) < 4.78 is 1.45. The Morgan fingerprint density at radius 3 is 2.87 bits per heavy atom. The number of rotatable bonds is 4. The molecule has 0 aliphatic rings. The van der Waals surface area contributed by atoms with Gasteiger partial charge >= 0.3 is 5.82 Å². The van der Waals surface area contributed by atoms with Crippen LogP contribution in [0, 0.1) is 17.0 Å². The molecule has 0 atom stereocenters. The number of amides is 1. The summed E-state index contributed by atoms with van der Waals surface area (Å²) in [7, 11) is 1.54. The van der Waals surface area contributed by atoms with Crippen molar-refractivity contribution in [2.24, 2.45) is 0 Å². The van der Waals surface area contributed by atoms with Gasteiger partial charge in [0.1, 0.15) is 0 Å². The average molecular weight is 212 g/mol. The maximum absolute atomic E-state index is 11.0. The van der Waals surface area contributed by atoms with E-state index in [1.165, 1.54) is 10.7 Å². The molecule has 1 heterocycles. The zero-order chi connectivity index (χ0) is 11.4. The minimum Gasteiger partial charge on any atom is -0.359 e. The number of aryl methyl sites for hydroxylation is 2. The number of nitro groups is 1. The van der Waals surface area contributed by atoms with Crippen LogP contribution >= 0.6 is 0 Å². The standard InChI is InChI=1S/C8H12N4O3/c1-6-5-7(12(14)15)10-11(6)4-3-8(13)9-2/h5H,3-4H2,1-2H3,(H,9,13). The second kappa shape index (κ2) is 4.54. The Bertz CT molecular complexity index is 385. The Labute approximate surface area is 86.2 Å². The third-order valence-electron chi connectivity index (χ3n) is 1.98. The molecule has 0 saturated carbocycles. The van der Waals surface area contributed by atoms with Gasteiger partial charge in [-0.2, -0.15) is 4.68 Å². The molecule has 0 aliphatic heterocycles. The molecule has 82 valence electrons. The molecule has 0 saturated heterocycles. The molecule has 0 aromatic carbocycles. The van der Waals surface area contributed by atoms with E-state index in [-0.39, 0.29) is 18.1 Å². The van der Waals surface area contributed by atoms with Gasteiger partial charge in [-0.25, -0.2) is 0 Å². The summed E-state index contributed by atoms with van der Waals surface area (Å²) in [6.45, 7) is 2.06. The van der Waals surface area contributed by atoms with Gasteiger partial charge in [-0.1, -0.05) is 0 Å². The fourth-order valence-corrected chi connectivity index (χ4v) is 1.14. The fraction of sp³-hybridized carbons (Fsp3) is 0.500. The van der Waals surface area contributed by atoms with E-state index in [2.05, 4.69) is 10.4 Å². The van der Waals surface area contributed by atoms with Gasteiger partial charge in [0.2, 0.25) is 5.91 Å². The minimum atomic E-state index is -0.552. The number of hydrogen-bond donors (Lipinski definition) is 1. The molecule has 1 aromatic heterocycles. The van der Waals surface area contributed by atoms with Crippen LogP contribution in [0.1, 0.15) is 12.1 Å². The Hall–Kier alpha value is -1.92. The van der Waals surface area contributed by atoms with Gasteiger partial charge in [-0.15, -0.1) is 0 Å². The highest BCUT2D eigenvalue weighted by atomic mass is 16.6. The topological polar surface area (TPSA) is 90.1 Å². The zero-order valence-corrected chi connectivity index (χ0v) is 8.56. The molecular formula is C8H12N4O3. The van der Waals surface area contributed by atoms with Crippen molar-refractivity contribution in [3.05, 3.63) is 21.9 Å². The lowest BCUT2D eigenvalue weighted by atomic mass is 10.4. The Balaban J connectivity index is 2.69. The molecule has 1 rings (SSSR count). The Kier molecular flexibility index (Phi) is 3.37. The number of hydrogen-bond acceptors (Lipinski definition) is 4. The van der Waals surface area contributed by atoms with Gasteiger partial charge in [0.15, 0.2) is 0 Å². The highest BCUT2D eigenvalue weighted by molar-refractivity contribution is 5.75. The highest BCUT2D eigenvalue weighted by Gasteiger charge is 2.15. The second-order valence-corrected chi connectivity index (χ2v) is 3.05. The lowest BCUT2D eigenvalue weighted by Gasteiger charge is -1.98. The second-order valence-electron chi connectivity index (χ2n) is 3.05. The summed E-state index contributed by atoms with van der Waals surface area (Å²) in [6, 6.07) is 1.38. The van der Waals surface area contributed by atoms with Crippen molar-refractivity contribution in [1.82, 2.24) is 15.1 Å². The summed E-state index contributed by atoms with van der Waals surface area (Å²) in [5.41, 5.74) is 0.672. The van der Waals surface area contributed by atoms with Crippen LogP contribution in [-0.4, -0.2) is 27.7 Å². The van der Waals surface area contributed by atoms with Gasteiger partial charge in [-0.05, 0) is 11.8 Å². The summed E-state index contributed by atoms with van der Waals surface area (Å²) in [4.78, 5) is 20.8. The highest BCUT2D eigenvalue weighted by Crippen LogP contribution is 2.10. The van der Waals surface area contributed by atoms with Crippen LogP contribution in [-0.2, 0) is 11.3 Å². The van der Waals surface area contributed by atoms with Crippen molar-refractivity contribution < 1.29 is 9.72 Å². The van der Waals surface area contributed by atoms with E-state index >= 15 is 0 Å². The molecule has 0 bridgehead atoms. The predicted octanol–water partition coefficient (Wildman–Crippen LogP) is 0.236. The van der Waals surface area contributed by atoms with E-state index in [0.29, 0.717) is 12.2 Å². The van der Waals surface area contributed by atoms with Crippen LogP contribution in [0.25, 0.3) is 0 Å². The molecule has 0 spiro atoms. The molecule has 0 radical (unpaired) electrons. The first-order valence-corrected chi connectivity index (χ1v) is 4.44. The average Bonchev–Trinajstić information content (AvgIpc) is 2.56. The largest absolute Gasteiger partial charge is 0.390 e. The number of nitrogens with one attached hydrogen (secondary N) is 1. The monoisotopic (exact) mass is 212 g/mol. The number of nitrogens with zero attached hydrogens (tertiary/aromatic N) is 3. The van der Waals surface area contributed by atoms with E-state index in [9.17, 15) is 14.9 Å². The van der Waals surface area contributed by atoms with Gasteiger partial charge in [0.25, 0.3) is 0 Å². The third kappa shape index (κ3) is 2.76. The Morgan fingerprint density at radius 1 is 1.73 bits per heavy atom. The molecule has 1 amide bonds. The number of carbonyl (C=O) groups is 1. The normalized spacial score (nSPS) is 10.0. The van der Waals surface area contributed by atoms with Gasteiger partial charge in [0, 0.05) is 13.5 Å². The molecule has 0 fully saturated rings. The van der Waals surface area contributed by atoms with Crippen molar-refractivity contribution in [3.8, 4) is 0 Å². The quantitative estimate of drug-likeness (QED) is 0.571. The minimum absolute atomic E-state index is 0.118. The molecule has 7 nitrogen and oxygen atoms in total. The van der Waals surface area contributed by atoms with E-state index < -0.39 is 4.92 Å². The van der Waals surface area contributed by atoms with Crippen molar-refractivity contribution >= 4 is 11.7 Å². The maximum Gasteiger partial charge on any atom is 0.390 e. The molecular weight excluding hydrogens is 200 g/mol. The molecule has 1 aromatic rings. The molecule has 15 heavy (non-hydrogen) atoms. The predicted molar refractivity (Wildman–Crippen MR) is 52.3 cm³/mol. The first kappa shape index (κ1) is 11.2. The van der Waals surface area contributed by atoms with Crippen molar-refractivity contribution in [1.29, 1.82) is 0 Å². The smallest absolute Gasteiger partial charge is 0.359 e. The first-order chi connectivity index (χ1) is 7.04. The van der Waals surface area contributed by atoms with Gasteiger partial charge < -0.3 is 15.4 Å². The first-order valence-electron chi connectivity index (χ1n) is 4.44. The summed E-state index contributed by atoms with van der Waals surface area (Å²) in [6.07, 6.45) is 0.260. The van der Waals surface area contributed by atoms with E-state index in [0.717, 1.165) is 0 Å². The lowest BCUT2D eigenvalue weighted by Crippen LogP contribution is -2.20. The van der Waals surface area contributed by atoms with Gasteiger partial charge in [-0.3, -0.25) is 4.79 Å².